The van der Waals surface area contributed by atoms with Gasteiger partial charge in [-0.25, -0.2) is 4.79 Å². The van der Waals surface area contributed by atoms with Gasteiger partial charge in [-0.15, -0.1) is 0 Å². The third kappa shape index (κ3) is 4.84. The van der Waals surface area contributed by atoms with E-state index in [1.165, 1.54) is 0 Å². The van der Waals surface area contributed by atoms with Crippen LogP contribution in [0.15, 0.2) is 47.4 Å². The zero-order valence-electron chi connectivity index (χ0n) is 16.9. The fourth-order valence-electron chi connectivity index (χ4n) is 4.30. The average Bonchev–Trinajstić information content (AvgIpc) is 3.02. The molecule has 0 bridgehead atoms. The van der Waals surface area contributed by atoms with Gasteiger partial charge < -0.3 is 20.5 Å². The first kappa shape index (κ1) is 22.8. The highest BCUT2D eigenvalue weighted by Gasteiger charge is 2.65. The van der Waals surface area contributed by atoms with Gasteiger partial charge in [0.2, 0.25) is 0 Å². The third-order valence-electron chi connectivity index (χ3n) is 5.87. The molecule has 4 rings (SSSR count). The molecular weight excluding hydrogens is 455 g/mol. The van der Waals surface area contributed by atoms with Gasteiger partial charge in [-0.1, -0.05) is 49.8 Å². The maximum Gasteiger partial charge on any atom is 0.319 e. The summed E-state index contributed by atoms with van der Waals surface area (Å²) in [5.74, 6) is -0.246. The summed E-state index contributed by atoms with van der Waals surface area (Å²) in [6.07, 6.45) is 0.375. The molecule has 176 valence electrons. The molecule has 32 heavy (non-hydrogen) atoms. The van der Waals surface area contributed by atoms with Gasteiger partial charge in [0.05, 0.1) is 12.1 Å². The number of amides is 2. The number of rotatable bonds is 4. The van der Waals surface area contributed by atoms with Gasteiger partial charge >= 0.3 is 16.3 Å². The Bertz CT molecular complexity index is 1040. The van der Waals surface area contributed by atoms with Crippen LogP contribution in [-0.2, 0) is 11.2 Å². The number of carbonyl (C=O) groups is 1. The van der Waals surface area contributed by atoms with Crippen molar-refractivity contribution in [1.82, 2.24) is 5.32 Å². The first-order chi connectivity index (χ1) is 14.8. The van der Waals surface area contributed by atoms with Gasteiger partial charge in [0, 0.05) is 25.3 Å². The Morgan fingerprint density at radius 3 is 2.38 bits per heavy atom. The molecule has 2 aromatic rings. The lowest BCUT2D eigenvalue weighted by Crippen LogP contribution is -2.37. The lowest BCUT2D eigenvalue weighted by Gasteiger charge is -2.41. The van der Waals surface area contributed by atoms with Crippen molar-refractivity contribution in [1.29, 1.82) is 0 Å². The van der Waals surface area contributed by atoms with Gasteiger partial charge in [-0.2, -0.15) is 0 Å². The molecule has 0 spiro atoms. The standard InChI is InChI=1S/C21H23F5N2O3S/c22-32(23,24,25,26)15-5-6-16(13-7-9-31-10-8-13)18(12-15)27-21(30)28-20-17-4-2-1-3-14(17)11-19(20)29/h1-6,12-13,19-20,29H,7-11H2,(H2,27,28,30). The Morgan fingerprint density at radius 1 is 1.00 bits per heavy atom. The van der Waals surface area contributed by atoms with Crippen molar-refractivity contribution in [3.8, 4) is 0 Å². The minimum Gasteiger partial charge on any atom is -0.390 e. The molecule has 1 aliphatic carbocycles. The average molecular weight is 478 g/mol. The fourth-order valence-corrected chi connectivity index (χ4v) is 4.96. The zero-order valence-corrected chi connectivity index (χ0v) is 17.7. The number of ether oxygens (including phenoxy) is 1. The van der Waals surface area contributed by atoms with Crippen molar-refractivity contribution in [3.05, 3.63) is 59.2 Å². The van der Waals surface area contributed by atoms with Crippen LogP contribution in [0.25, 0.3) is 0 Å². The van der Waals surface area contributed by atoms with E-state index in [1.54, 1.807) is 24.3 Å². The number of aliphatic hydroxyl groups excluding tert-OH is 1. The van der Waals surface area contributed by atoms with E-state index in [0.29, 0.717) is 55.7 Å². The van der Waals surface area contributed by atoms with Gasteiger partial charge in [-0.05, 0) is 47.6 Å². The first-order valence-electron chi connectivity index (χ1n) is 10.1. The highest BCUT2D eigenvalue weighted by atomic mass is 32.5. The van der Waals surface area contributed by atoms with E-state index in [0.717, 1.165) is 11.6 Å². The molecular formula is C21H23F5N2O3S. The van der Waals surface area contributed by atoms with E-state index >= 15 is 0 Å². The Labute approximate surface area is 181 Å². The van der Waals surface area contributed by atoms with Crippen LogP contribution >= 0.6 is 10.2 Å². The molecule has 2 aliphatic rings. The third-order valence-corrected chi connectivity index (χ3v) is 7.01. The lowest BCUT2D eigenvalue weighted by molar-refractivity contribution is 0.0854. The molecule has 2 amide bonds. The van der Waals surface area contributed by atoms with Crippen LogP contribution in [0.1, 0.15) is 41.5 Å². The monoisotopic (exact) mass is 478 g/mol. The first-order valence-corrected chi connectivity index (χ1v) is 12.1. The Hall–Kier alpha value is -2.37. The predicted molar refractivity (Wildman–Crippen MR) is 112 cm³/mol. The summed E-state index contributed by atoms with van der Waals surface area (Å²) in [7, 11) is -9.94. The molecule has 5 nitrogen and oxygen atoms in total. The molecule has 1 fully saturated rings. The Balaban J connectivity index is 1.63. The number of urea groups is 1. The number of anilines is 1. The number of benzene rings is 2. The molecule has 2 atom stereocenters. The molecule has 1 heterocycles. The van der Waals surface area contributed by atoms with Gasteiger partial charge in [0.1, 0.15) is 4.90 Å². The largest absolute Gasteiger partial charge is 0.390 e. The van der Waals surface area contributed by atoms with Gasteiger partial charge in [0.15, 0.2) is 0 Å². The van der Waals surface area contributed by atoms with Gasteiger partial charge in [-0.3, -0.25) is 0 Å². The summed E-state index contributed by atoms with van der Waals surface area (Å²) in [6.45, 7) is 0.759. The van der Waals surface area contributed by atoms with E-state index in [2.05, 4.69) is 10.6 Å². The summed E-state index contributed by atoms with van der Waals surface area (Å²) in [4.78, 5) is 10.6. The quantitative estimate of drug-likeness (QED) is 0.471. The summed E-state index contributed by atoms with van der Waals surface area (Å²) in [6, 6.07) is 7.08. The molecule has 3 N–H and O–H groups in total. The van der Waals surface area contributed by atoms with Crippen LogP contribution in [0.4, 0.5) is 29.9 Å². The molecule has 11 heteroatoms. The number of aliphatic hydroxyl groups is 1. The van der Waals surface area contributed by atoms with Crippen molar-refractivity contribution in [2.45, 2.75) is 42.2 Å². The maximum absolute atomic E-state index is 13.4. The predicted octanol–water partition coefficient (Wildman–Crippen LogP) is 6.02. The molecule has 0 aromatic heterocycles. The second-order valence-electron chi connectivity index (χ2n) is 8.15. The Kier molecular flexibility index (Phi) is 5.22. The van der Waals surface area contributed by atoms with E-state index < -0.39 is 33.3 Å². The minimum atomic E-state index is -9.94. The lowest BCUT2D eigenvalue weighted by atomic mass is 9.90. The number of carbonyl (C=O) groups excluding carboxylic acids is 1. The summed E-state index contributed by atoms with van der Waals surface area (Å²) < 4.78 is 72.3. The van der Waals surface area contributed by atoms with Crippen molar-refractivity contribution in [3.63, 3.8) is 0 Å². The number of hydrogen-bond acceptors (Lipinski definition) is 3. The van der Waals surface area contributed by atoms with E-state index in [4.69, 9.17) is 4.74 Å². The molecule has 2 aromatic carbocycles. The smallest absolute Gasteiger partial charge is 0.319 e. The highest BCUT2D eigenvalue weighted by Crippen LogP contribution is 3.02. The summed E-state index contributed by atoms with van der Waals surface area (Å²) in [5, 5.41) is 15.2. The van der Waals surface area contributed by atoms with E-state index in [-0.39, 0.29) is 11.6 Å². The van der Waals surface area contributed by atoms with Crippen LogP contribution in [0, 0.1) is 0 Å². The van der Waals surface area contributed by atoms with Crippen molar-refractivity contribution < 1.29 is 34.1 Å². The summed E-state index contributed by atoms with van der Waals surface area (Å²) in [5.41, 5.74) is 1.54. The maximum atomic E-state index is 13.4. The second-order valence-corrected chi connectivity index (χ2v) is 10.6. The highest BCUT2D eigenvalue weighted by molar-refractivity contribution is 8.45. The zero-order chi connectivity index (χ0) is 23.2. The topological polar surface area (TPSA) is 70.6 Å². The van der Waals surface area contributed by atoms with Crippen molar-refractivity contribution in [2.24, 2.45) is 0 Å². The number of nitrogens with one attached hydrogen (secondary N) is 2. The summed E-state index contributed by atoms with van der Waals surface area (Å²) >= 11 is 0. The van der Waals surface area contributed by atoms with Crippen LogP contribution in [0.3, 0.4) is 0 Å². The number of fused-ring (bicyclic) bond motifs is 1. The van der Waals surface area contributed by atoms with E-state index in [9.17, 15) is 29.3 Å². The van der Waals surface area contributed by atoms with E-state index in [1.807, 2.05) is 0 Å². The normalized spacial score (nSPS) is 23.7. The number of hydrogen-bond donors (Lipinski definition) is 3. The van der Waals surface area contributed by atoms with Gasteiger partial charge in [0.25, 0.3) is 0 Å². The SMILES string of the molecule is O=C(Nc1cc(S(F)(F)(F)(F)F)ccc1C1CCOCC1)NC1c2ccccc2CC1O. The van der Waals surface area contributed by atoms with Crippen molar-refractivity contribution >= 4 is 21.9 Å². The molecule has 1 aliphatic heterocycles. The molecule has 2 unspecified atom stereocenters. The molecule has 1 saturated heterocycles. The van der Waals surface area contributed by atoms with Crippen LogP contribution in [0.2, 0.25) is 0 Å². The van der Waals surface area contributed by atoms with Crippen LogP contribution in [-0.4, -0.2) is 30.5 Å². The number of halogens is 5. The molecule has 0 radical (unpaired) electrons. The minimum absolute atomic E-state index is 0.246. The van der Waals surface area contributed by atoms with Crippen LogP contribution in [0.5, 0.6) is 0 Å². The molecule has 0 saturated carbocycles. The van der Waals surface area contributed by atoms with Crippen molar-refractivity contribution in [2.75, 3.05) is 18.5 Å². The fraction of sp³-hybridized carbons (Fsp3) is 0.381. The Morgan fingerprint density at radius 2 is 1.69 bits per heavy atom. The second kappa shape index (κ2) is 7.32. The van der Waals surface area contributed by atoms with Crippen LogP contribution < -0.4 is 10.6 Å².